The first-order chi connectivity index (χ1) is 25.5. The van der Waals surface area contributed by atoms with Crippen molar-refractivity contribution in [2.75, 3.05) is 0 Å². The Hall–Kier alpha value is -5.40. The predicted octanol–water partition coefficient (Wildman–Crippen LogP) is 7.44. The molecule has 53 heavy (non-hydrogen) atoms. The zero-order valence-corrected chi connectivity index (χ0v) is 30.8. The summed E-state index contributed by atoms with van der Waals surface area (Å²) in [5.74, 6) is 1.21. The van der Waals surface area contributed by atoms with E-state index in [1.54, 1.807) is 37.3 Å². The summed E-state index contributed by atoms with van der Waals surface area (Å²) in [4.78, 5) is 18.4. The average molecular weight is 749 g/mol. The number of H-pyrrole nitrogens is 2. The summed E-state index contributed by atoms with van der Waals surface area (Å²) in [6.45, 7) is 5.81. The number of nitrogens with zero attached hydrogens (tertiary/aromatic N) is 8. The minimum atomic E-state index is -1.24. The Labute approximate surface area is 314 Å². The molecule has 1 atom stereocenters. The third-order valence-corrected chi connectivity index (χ3v) is 9.97. The predicted molar refractivity (Wildman–Crippen MR) is 204 cm³/mol. The number of aromatic nitrogens is 10. The Morgan fingerprint density at radius 3 is 1.94 bits per heavy atom. The van der Waals surface area contributed by atoms with Crippen LogP contribution in [0.15, 0.2) is 98.1 Å². The summed E-state index contributed by atoms with van der Waals surface area (Å²) in [6, 6.07) is 19.3. The number of halogens is 2. The van der Waals surface area contributed by atoms with Crippen molar-refractivity contribution in [2.24, 2.45) is 0 Å². The summed E-state index contributed by atoms with van der Waals surface area (Å²) >= 11 is 13.2. The lowest BCUT2D eigenvalue weighted by Gasteiger charge is -2.26. The van der Waals surface area contributed by atoms with Gasteiger partial charge in [0, 0.05) is 73.7 Å². The van der Waals surface area contributed by atoms with E-state index in [1.165, 1.54) is 6.33 Å². The van der Waals surface area contributed by atoms with E-state index in [0.717, 1.165) is 63.0 Å². The molecule has 0 bridgehead atoms. The number of rotatable bonds is 11. The molecule has 6 heterocycles. The maximum absolute atomic E-state index is 12.3. The Balaban J connectivity index is 1.08. The Bertz CT molecular complexity index is 2590. The third kappa shape index (κ3) is 6.82. The second-order valence-electron chi connectivity index (χ2n) is 13.9. The fraction of sp³-hybridized carbons (Fsp3) is 0.231. The smallest absolute Gasteiger partial charge is 0.307 e. The van der Waals surface area contributed by atoms with Crippen molar-refractivity contribution in [3.05, 3.63) is 119 Å². The van der Waals surface area contributed by atoms with Crippen LogP contribution in [0.1, 0.15) is 51.2 Å². The topological polar surface area (TPSA) is 150 Å². The Kier molecular flexibility index (Phi) is 8.86. The lowest BCUT2D eigenvalue weighted by atomic mass is 9.89. The van der Waals surface area contributed by atoms with E-state index in [0.29, 0.717) is 33.7 Å². The quantitative estimate of drug-likeness (QED) is 0.100. The molecule has 0 fully saturated rings. The van der Waals surface area contributed by atoms with E-state index in [-0.39, 0.29) is 6.54 Å². The minimum Gasteiger partial charge on any atom is -0.386 e. The average Bonchev–Trinajstić information content (AvgIpc) is 3.96. The standard InChI is InChI=1S/C39H36Cl2N10O2/c1-4-5-8-39(53,29-12-25-7-10-50(37(25)43-20-29)32-15-26(13-30(40)17-32)34-44-22-46-47-34)21-49-23-45-35(48-49)27-14-31(41)18-33(16-27)51-9-6-24-11-28(38(2,3)52)19-42-36(24)51/h6-7,9-20,22-23,52-53H,4-5,8,21H2,1-3H3,(H,44,46,47)/p+1. The van der Waals surface area contributed by atoms with Gasteiger partial charge in [0.1, 0.15) is 29.8 Å². The van der Waals surface area contributed by atoms with Crippen molar-refractivity contribution in [3.63, 3.8) is 0 Å². The van der Waals surface area contributed by atoms with Gasteiger partial charge in [0.2, 0.25) is 0 Å². The molecule has 0 saturated heterocycles. The fourth-order valence-corrected chi connectivity index (χ4v) is 7.16. The lowest BCUT2D eigenvalue weighted by molar-refractivity contribution is -0.763. The van der Waals surface area contributed by atoms with Crippen molar-refractivity contribution in [3.8, 4) is 34.2 Å². The van der Waals surface area contributed by atoms with Crippen LogP contribution >= 0.6 is 23.2 Å². The van der Waals surface area contributed by atoms with Gasteiger partial charge in [-0.3, -0.25) is 5.10 Å². The van der Waals surface area contributed by atoms with Crippen LogP contribution in [-0.4, -0.2) is 54.6 Å². The van der Waals surface area contributed by atoms with Gasteiger partial charge >= 0.3 is 6.33 Å². The van der Waals surface area contributed by atoms with E-state index in [9.17, 15) is 10.2 Å². The number of aliphatic hydroxyl groups is 2. The molecule has 268 valence electrons. The number of hydrogen-bond acceptors (Lipinski definition) is 7. The maximum Gasteiger partial charge on any atom is 0.307 e. The zero-order chi connectivity index (χ0) is 36.9. The van der Waals surface area contributed by atoms with Crippen molar-refractivity contribution < 1.29 is 14.9 Å². The summed E-state index contributed by atoms with van der Waals surface area (Å²) in [7, 11) is 0. The van der Waals surface area contributed by atoms with Gasteiger partial charge in [0.15, 0.2) is 5.82 Å². The van der Waals surface area contributed by atoms with E-state index in [4.69, 9.17) is 28.2 Å². The highest BCUT2D eigenvalue weighted by atomic mass is 35.5. The summed E-state index contributed by atoms with van der Waals surface area (Å²) < 4.78 is 5.71. The van der Waals surface area contributed by atoms with E-state index in [2.05, 4.69) is 37.2 Å². The Morgan fingerprint density at radius 2 is 1.36 bits per heavy atom. The molecule has 6 aromatic heterocycles. The van der Waals surface area contributed by atoms with Crippen molar-refractivity contribution >= 4 is 45.3 Å². The SMILES string of the molecule is CCCCC(O)(C[n+]1cnc(-c2cc(Cl)cc(-n3ccc4cc(C(C)(C)O)cnc43)c2)[nH]1)c1cnc2c(ccn2-c2cc(Cl)cc(-c3ncn[nH]3)c2)c1. The number of pyridine rings is 2. The van der Waals surface area contributed by atoms with Crippen molar-refractivity contribution in [1.82, 2.24) is 44.4 Å². The molecule has 0 aliphatic carbocycles. The molecule has 0 aliphatic heterocycles. The molecular formula is C39H37Cl2N10O2+. The summed E-state index contributed by atoms with van der Waals surface area (Å²) in [5.41, 5.74) is 3.89. The van der Waals surface area contributed by atoms with Crippen LogP contribution in [0, 0.1) is 0 Å². The molecular weight excluding hydrogens is 711 g/mol. The van der Waals surface area contributed by atoms with E-state index < -0.39 is 11.2 Å². The molecule has 1 unspecified atom stereocenters. The Morgan fingerprint density at radius 1 is 0.755 bits per heavy atom. The van der Waals surface area contributed by atoms with Gasteiger partial charge in [-0.2, -0.15) is 14.9 Å². The molecule has 8 aromatic rings. The monoisotopic (exact) mass is 747 g/mol. The highest BCUT2D eigenvalue weighted by Gasteiger charge is 2.34. The molecule has 0 radical (unpaired) electrons. The van der Waals surface area contributed by atoms with Gasteiger partial charge < -0.3 is 19.3 Å². The van der Waals surface area contributed by atoms with Gasteiger partial charge in [-0.15, -0.1) is 0 Å². The number of unbranched alkanes of at least 4 members (excludes halogenated alkanes) is 1. The maximum atomic E-state index is 12.3. The first kappa shape index (κ1) is 34.7. The van der Waals surface area contributed by atoms with Crippen molar-refractivity contribution in [1.29, 1.82) is 0 Å². The molecule has 12 nitrogen and oxygen atoms in total. The van der Waals surface area contributed by atoms with Crippen molar-refractivity contribution in [2.45, 2.75) is 57.8 Å². The van der Waals surface area contributed by atoms with Crippen LogP contribution in [-0.2, 0) is 17.7 Å². The number of nitrogens with one attached hydrogen (secondary N) is 2. The number of hydrogen-bond donors (Lipinski definition) is 4. The highest BCUT2D eigenvalue weighted by molar-refractivity contribution is 6.31. The van der Waals surface area contributed by atoms with Crippen LogP contribution in [0.4, 0.5) is 0 Å². The second kappa shape index (κ2) is 13.5. The molecule has 4 N–H and O–H groups in total. The third-order valence-electron chi connectivity index (χ3n) is 9.53. The van der Waals surface area contributed by atoms with Crippen LogP contribution < -0.4 is 4.68 Å². The highest BCUT2D eigenvalue weighted by Crippen LogP contribution is 2.33. The minimum absolute atomic E-state index is 0.228. The number of aromatic amines is 2. The molecule has 0 amide bonds. The summed E-state index contributed by atoms with van der Waals surface area (Å²) in [5, 5.41) is 35.8. The van der Waals surface area contributed by atoms with Gasteiger partial charge in [-0.1, -0.05) is 43.0 Å². The number of fused-ring (bicyclic) bond motifs is 2. The lowest BCUT2D eigenvalue weighted by Crippen LogP contribution is -2.47. The van der Waals surface area contributed by atoms with Gasteiger partial charge in [0.05, 0.1) is 11.2 Å². The normalized spacial score (nSPS) is 13.3. The van der Waals surface area contributed by atoms with E-state index >= 15 is 0 Å². The zero-order valence-electron chi connectivity index (χ0n) is 29.3. The van der Waals surface area contributed by atoms with Gasteiger partial charge in [-0.05, 0) is 85.9 Å². The molecule has 0 aliphatic rings. The van der Waals surface area contributed by atoms with Crippen LogP contribution in [0.25, 0.3) is 56.2 Å². The largest absolute Gasteiger partial charge is 0.386 e. The second-order valence-corrected chi connectivity index (χ2v) is 14.8. The summed E-state index contributed by atoms with van der Waals surface area (Å²) in [6.07, 6.45) is 12.7. The van der Waals surface area contributed by atoms with Crippen LogP contribution in [0.5, 0.6) is 0 Å². The van der Waals surface area contributed by atoms with E-state index in [1.807, 2.05) is 82.2 Å². The first-order valence-electron chi connectivity index (χ1n) is 17.3. The van der Waals surface area contributed by atoms with Gasteiger partial charge in [-0.25, -0.2) is 15.0 Å². The van der Waals surface area contributed by atoms with Crippen LogP contribution in [0.3, 0.4) is 0 Å². The number of benzene rings is 2. The fourth-order valence-electron chi connectivity index (χ4n) is 6.70. The molecule has 8 rings (SSSR count). The molecule has 14 heteroatoms. The van der Waals surface area contributed by atoms with Crippen LogP contribution in [0.2, 0.25) is 10.0 Å². The molecule has 0 spiro atoms. The first-order valence-corrected chi connectivity index (χ1v) is 18.1. The molecule has 2 aromatic carbocycles. The van der Waals surface area contributed by atoms with Gasteiger partial charge in [0.25, 0.3) is 5.82 Å². The molecule has 0 saturated carbocycles.